The maximum atomic E-state index is 11.0. The Bertz CT molecular complexity index is 336. The first-order valence-electron chi connectivity index (χ1n) is 8.68. The lowest BCUT2D eigenvalue weighted by atomic mass is 9.92. The number of hydrogen-bond donors (Lipinski definition) is 0. The van der Waals surface area contributed by atoms with Crippen LogP contribution in [0.2, 0.25) is 0 Å². The van der Waals surface area contributed by atoms with Gasteiger partial charge in [-0.25, -0.2) is 0 Å². The maximum Gasteiger partial charge on any atom is 0.305 e. The van der Waals surface area contributed by atoms with Crippen molar-refractivity contribution in [3.8, 4) is 0 Å². The summed E-state index contributed by atoms with van der Waals surface area (Å²) in [5.41, 5.74) is 0. The van der Waals surface area contributed by atoms with Gasteiger partial charge in [0.25, 0.3) is 0 Å². The molecule has 0 aliphatic carbocycles. The lowest BCUT2D eigenvalue weighted by Gasteiger charge is -2.15. The number of carbonyl (C=O) groups is 2. The number of hydrogen-bond acceptors (Lipinski definition) is 3. The van der Waals surface area contributed by atoms with E-state index in [1.807, 2.05) is 19.1 Å². The molecule has 0 amide bonds. The third kappa shape index (κ3) is 14.0. The highest BCUT2D eigenvalue weighted by Crippen LogP contribution is 2.17. The number of esters is 1. The van der Waals surface area contributed by atoms with E-state index >= 15 is 0 Å². The minimum Gasteiger partial charge on any atom is -0.466 e. The summed E-state index contributed by atoms with van der Waals surface area (Å²) in [6, 6.07) is 0. The van der Waals surface area contributed by atoms with Crippen LogP contribution in [0.1, 0.15) is 60.3 Å². The fraction of sp³-hybridized carbons (Fsp3) is 0.700. The maximum absolute atomic E-state index is 11.0. The molecule has 0 aliphatic heterocycles. The van der Waals surface area contributed by atoms with Gasteiger partial charge in [-0.05, 0) is 43.4 Å². The molecule has 3 nitrogen and oxygen atoms in total. The molecule has 0 saturated carbocycles. The molecule has 0 N–H and O–H groups in total. The standard InChI is InChI=1S/C11H20O2.C9H16O/c1-5-9(3)10(4)7-8-11(12)13-6-2;1-4-8(2)9(3)6-5-7-10/h5,9-10H,1,6-8H2,2-4H3;4,7-9H,1,5-6H2,2-3H3/t9-,10-;8-,9-/m00/s1. The number of rotatable bonds is 11. The van der Waals surface area contributed by atoms with Crippen molar-refractivity contribution in [3.63, 3.8) is 0 Å². The van der Waals surface area contributed by atoms with Crippen molar-refractivity contribution >= 4 is 12.3 Å². The van der Waals surface area contributed by atoms with Crippen molar-refractivity contribution in [2.45, 2.75) is 60.3 Å². The molecule has 3 heteroatoms. The molecule has 0 radical (unpaired) electrons. The van der Waals surface area contributed by atoms with E-state index in [4.69, 9.17) is 4.74 Å². The van der Waals surface area contributed by atoms with E-state index in [1.165, 1.54) is 0 Å². The van der Waals surface area contributed by atoms with Crippen molar-refractivity contribution in [3.05, 3.63) is 25.3 Å². The van der Waals surface area contributed by atoms with E-state index in [1.54, 1.807) is 0 Å². The molecule has 0 aromatic carbocycles. The van der Waals surface area contributed by atoms with Crippen molar-refractivity contribution in [1.29, 1.82) is 0 Å². The van der Waals surface area contributed by atoms with Crippen LogP contribution in [0.15, 0.2) is 25.3 Å². The smallest absolute Gasteiger partial charge is 0.305 e. The van der Waals surface area contributed by atoms with Gasteiger partial charge in [-0.1, -0.05) is 39.8 Å². The third-order valence-electron chi connectivity index (χ3n) is 4.39. The number of allylic oxidation sites excluding steroid dienone is 2. The van der Waals surface area contributed by atoms with Gasteiger partial charge in [0.2, 0.25) is 0 Å². The summed E-state index contributed by atoms with van der Waals surface area (Å²) in [6.45, 7) is 18.3. The van der Waals surface area contributed by atoms with Crippen molar-refractivity contribution in [1.82, 2.24) is 0 Å². The molecule has 0 bridgehead atoms. The van der Waals surface area contributed by atoms with Crippen molar-refractivity contribution in [2.24, 2.45) is 23.7 Å². The SMILES string of the molecule is C=C[C@H](C)[C@@H](C)CCC(=O)OCC.C=C[C@H](C)[C@@H](C)CCC=O. The quantitative estimate of drug-likeness (QED) is 0.297. The summed E-state index contributed by atoms with van der Waals surface area (Å²) in [7, 11) is 0. The largest absolute Gasteiger partial charge is 0.466 e. The van der Waals surface area contributed by atoms with Crippen molar-refractivity contribution < 1.29 is 14.3 Å². The zero-order valence-corrected chi connectivity index (χ0v) is 15.7. The second-order valence-corrected chi connectivity index (χ2v) is 6.23. The zero-order valence-electron chi connectivity index (χ0n) is 15.7. The Morgan fingerprint density at radius 3 is 1.87 bits per heavy atom. The summed E-state index contributed by atoms with van der Waals surface area (Å²) in [5.74, 6) is 1.99. The highest BCUT2D eigenvalue weighted by Gasteiger charge is 2.11. The highest BCUT2D eigenvalue weighted by molar-refractivity contribution is 5.69. The van der Waals surface area contributed by atoms with Gasteiger partial charge in [0.05, 0.1) is 6.61 Å². The topological polar surface area (TPSA) is 43.4 Å². The summed E-state index contributed by atoms with van der Waals surface area (Å²) < 4.78 is 4.84. The molecule has 0 heterocycles. The summed E-state index contributed by atoms with van der Waals surface area (Å²) in [6.07, 6.45) is 7.91. The van der Waals surface area contributed by atoms with Gasteiger partial charge >= 0.3 is 5.97 Å². The second-order valence-electron chi connectivity index (χ2n) is 6.23. The van der Waals surface area contributed by atoms with Gasteiger partial charge in [0.1, 0.15) is 6.29 Å². The normalized spacial score (nSPS) is 15.2. The number of aldehydes is 1. The molecule has 0 unspecified atom stereocenters. The van der Waals surface area contributed by atoms with Crippen LogP contribution in [-0.4, -0.2) is 18.9 Å². The molecule has 0 spiro atoms. The lowest BCUT2D eigenvalue weighted by molar-refractivity contribution is -0.143. The molecule has 23 heavy (non-hydrogen) atoms. The fourth-order valence-corrected chi connectivity index (χ4v) is 1.90. The van der Waals surface area contributed by atoms with E-state index in [-0.39, 0.29) is 5.97 Å². The third-order valence-corrected chi connectivity index (χ3v) is 4.39. The van der Waals surface area contributed by atoms with E-state index in [2.05, 4.69) is 40.9 Å². The lowest BCUT2D eigenvalue weighted by Crippen LogP contribution is -2.10. The van der Waals surface area contributed by atoms with E-state index < -0.39 is 0 Å². The number of ether oxygens (including phenoxy) is 1. The van der Waals surface area contributed by atoms with Crippen LogP contribution in [0.3, 0.4) is 0 Å². The van der Waals surface area contributed by atoms with Crippen LogP contribution in [0.5, 0.6) is 0 Å². The van der Waals surface area contributed by atoms with E-state index in [0.29, 0.717) is 43.1 Å². The molecule has 0 aliphatic rings. The summed E-state index contributed by atoms with van der Waals surface area (Å²) in [4.78, 5) is 21.0. The van der Waals surface area contributed by atoms with Gasteiger partial charge < -0.3 is 9.53 Å². The fourth-order valence-electron chi connectivity index (χ4n) is 1.90. The molecule has 134 valence electrons. The second kappa shape index (κ2) is 15.5. The molecule has 0 fully saturated rings. The first kappa shape index (κ1) is 23.9. The average Bonchev–Trinajstić information content (AvgIpc) is 2.56. The van der Waals surface area contributed by atoms with Gasteiger partial charge in [0, 0.05) is 12.8 Å². The van der Waals surface area contributed by atoms with E-state index in [0.717, 1.165) is 19.1 Å². The molecule has 0 aromatic heterocycles. The van der Waals surface area contributed by atoms with Gasteiger partial charge in [-0.3, -0.25) is 4.79 Å². The average molecular weight is 325 g/mol. The molecule has 4 atom stereocenters. The Labute approximate surface area is 143 Å². The van der Waals surface area contributed by atoms with Crippen LogP contribution in [-0.2, 0) is 14.3 Å². The van der Waals surface area contributed by atoms with Crippen LogP contribution in [0.25, 0.3) is 0 Å². The van der Waals surface area contributed by atoms with Crippen LogP contribution in [0, 0.1) is 23.7 Å². The Morgan fingerprint density at radius 2 is 1.48 bits per heavy atom. The Morgan fingerprint density at radius 1 is 1.00 bits per heavy atom. The minimum atomic E-state index is -0.0920. The van der Waals surface area contributed by atoms with Crippen LogP contribution >= 0.6 is 0 Å². The summed E-state index contributed by atoms with van der Waals surface area (Å²) >= 11 is 0. The molecular formula is C20H36O3. The zero-order chi connectivity index (χ0) is 18.3. The van der Waals surface area contributed by atoms with Crippen LogP contribution < -0.4 is 0 Å². The summed E-state index contributed by atoms with van der Waals surface area (Å²) in [5, 5.41) is 0. The Kier molecular flexibility index (Phi) is 16.1. The van der Waals surface area contributed by atoms with Gasteiger partial charge in [0.15, 0.2) is 0 Å². The predicted molar refractivity (Wildman–Crippen MR) is 98.2 cm³/mol. The molecule has 0 saturated heterocycles. The van der Waals surface area contributed by atoms with E-state index in [9.17, 15) is 9.59 Å². The first-order valence-corrected chi connectivity index (χ1v) is 8.68. The first-order chi connectivity index (χ1) is 10.8. The van der Waals surface area contributed by atoms with Crippen molar-refractivity contribution in [2.75, 3.05) is 6.61 Å². The van der Waals surface area contributed by atoms with Gasteiger partial charge in [-0.2, -0.15) is 0 Å². The molecular weight excluding hydrogens is 288 g/mol. The highest BCUT2D eigenvalue weighted by atomic mass is 16.5. The Balaban J connectivity index is 0. The van der Waals surface area contributed by atoms with Crippen LogP contribution in [0.4, 0.5) is 0 Å². The number of carbonyl (C=O) groups excluding carboxylic acids is 2. The predicted octanol–water partition coefficient (Wildman–Crippen LogP) is 5.21. The van der Waals surface area contributed by atoms with Gasteiger partial charge in [-0.15, -0.1) is 13.2 Å². The molecule has 0 rings (SSSR count). The monoisotopic (exact) mass is 324 g/mol. The minimum absolute atomic E-state index is 0.0920. The molecule has 0 aromatic rings. The Hall–Kier alpha value is -1.38.